The highest BCUT2D eigenvalue weighted by Gasteiger charge is 2.23. The van der Waals surface area contributed by atoms with E-state index < -0.39 is 0 Å². The number of hydrogen-bond acceptors (Lipinski definition) is 3. The van der Waals surface area contributed by atoms with Crippen LogP contribution < -0.4 is 5.73 Å². The summed E-state index contributed by atoms with van der Waals surface area (Å²) in [5.74, 6) is 0.910. The summed E-state index contributed by atoms with van der Waals surface area (Å²) < 4.78 is 6.60. The van der Waals surface area contributed by atoms with Gasteiger partial charge in [0.2, 0.25) is 0 Å². The lowest BCUT2D eigenvalue weighted by molar-refractivity contribution is 0.184. The van der Waals surface area contributed by atoms with Gasteiger partial charge in [-0.15, -0.1) is 0 Å². The van der Waals surface area contributed by atoms with Gasteiger partial charge in [-0.2, -0.15) is 0 Å². The average Bonchev–Trinajstić information content (AvgIpc) is 2.82. The van der Waals surface area contributed by atoms with Crippen LogP contribution in [0, 0.1) is 0 Å². The zero-order chi connectivity index (χ0) is 13.8. The minimum Gasteiger partial charge on any atom is -0.468 e. The van der Waals surface area contributed by atoms with Crippen molar-refractivity contribution in [2.75, 3.05) is 7.05 Å². The predicted octanol–water partition coefficient (Wildman–Crippen LogP) is 3.56. The number of furan rings is 1. The Bertz CT molecular complexity index is 511. The van der Waals surface area contributed by atoms with E-state index in [1.165, 1.54) is 5.56 Å². The predicted molar refractivity (Wildman–Crippen MR) is 80.7 cm³/mol. The number of benzene rings is 1. The molecular weight excluding hydrogens is 304 g/mol. The highest BCUT2D eigenvalue weighted by molar-refractivity contribution is 9.10. The van der Waals surface area contributed by atoms with Crippen LogP contribution >= 0.6 is 15.9 Å². The standard InChI is InChI=1S/C15H19BrN2O/c1-11(17)15(14-7-4-8-19-14)18(2)10-12-5-3-6-13(16)9-12/h3-9,11,15H,10,17H2,1-2H3. The van der Waals surface area contributed by atoms with Gasteiger partial charge in [0.25, 0.3) is 0 Å². The third-order valence-electron chi connectivity index (χ3n) is 3.13. The Balaban J connectivity index is 2.14. The SMILES string of the molecule is CC(N)C(c1ccco1)N(C)Cc1cccc(Br)c1. The molecule has 102 valence electrons. The monoisotopic (exact) mass is 322 g/mol. The summed E-state index contributed by atoms with van der Waals surface area (Å²) in [7, 11) is 2.07. The Labute approximate surface area is 122 Å². The molecule has 2 atom stereocenters. The zero-order valence-corrected chi connectivity index (χ0v) is 12.8. The van der Waals surface area contributed by atoms with Crippen LogP contribution in [0.4, 0.5) is 0 Å². The fourth-order valence-corrected chi connectivity index (χ4v) is 2.81. The first-order valence-electron chi connectivity index (χ1n) is 6.31. The average molecular weight is 323 g/mol. The molecule has 0 fully saturated rings. The summed E-state index contributed by atoms with van der Waals surface area (Å²) in [6.07, 6.45) is 1.69. The molecule has 0 aliphatic carbocycles. The number of hydrogen-bond donors (Lipinski definition) is 1. The van der Waals surface area contributed by atoms with E-state index >= 15 is 0 Å². The number of nitrogens with zero attached hydrogens (tertiary/aromatic N) is 1. The molecule has 1 heterocycles. The maximum Gasteiger partial charge on any atom is 0.122 e. The van der Waals surface area contributed by atoms with E-state index in [9.17, 15) is 0 Å². The van der Waals surface area contributed by atoms with Gasteiger partial charge in [0.15, 0.2) is 0 Å². The molecule has 0 saturated carbocycles. The second-order valence-electron chi connectivity index (χ2n) is 4.86. The van der Waals surface area contributed by atoms with E-state index in [0.29, 0.717) is 0 Å². The molecule has 0 amide bonds. The highest BCUT2D eigenvalue weighted by atomic mass is 79.9. The summed E-state index contributed by atoms with van der Waals surface area (Å²) in [6, 6.07) is 12.3. The summed E-state index contributed by atoms with van der Waals surface area (Å²) in [5.41, 5.74) is 7.35. The van der Waals surface area contributed by atoms with Crippen LogP contribution in [0.5, 0.6) is 0 Å². The Morgan fingerprint density at radius 1 is 1.32 bits per heavy atom. The highest BCUT2D eigenvalue weighted by Crippen LogP contribution is 2.25. The molecule has 1 aromatic heterocycles. The molecule has 0 aliphatic rings. The number of rotatable bonds is 5. The molecular formula is C15H19BrN2O. The molecule has 0 bridgehead atoms. The van der Waals surface area contributed by atoms with E-state index in [1.54, 1.807) is 6.26 Å². The quantitative estimate of drug-likeness (QED) is 0.915. The molecule has 2 unspecified atom stereocenters. The fraction of sp³-hybridized carbons (Fsp3) is 0.333. The van der Waals surface area contributed by atoms with Crippen molar-refractivity contribution in [3.8, 4) is 0 Å². The topological polar surface area (TPSA) is 42.4 Å². The number of halogens is 1. The van der Waals surface area contributed by atoms with Crippen LogP contribution in [-0.4, -0.2) is 18.0 Å². The first kappa shape index (κ1) is 14.3. The van der Waals surface area contributed by atoms with Gasteiger partial charge in [0.1, 0.15) is 5.76 Å². The molecule has 2 rings (SSSR count). The maximum atomic E-state index is 6.10. The molecule has 3 nitrogen and oxygen atoms in total. The van der Waals surface area contributed by atoms with Crippen molar-refractivity contribution >= 4 is 15.9 Å². The lowest BCUT2D eigenvalue weighted by Crippen LogP contribution is -2.36. The van der Waals surface area contributed by atoms with Gasteiger partial charge in [-0.3, -0.25) is 4.90 Å². The summed E-state index contributed by atoms with van der Waals surface area (Å²) in [6.45, 7) is 2.83. The second kappa shape index (κ2) is 6.37. The molecule has 19 heavy (non-hydrogen) atoms. The third-order valence-corrected chi connectivity index (χ3v) is 3.62. The molecule has 4 heteroatoms. The normalized spacial score (nSPS) is 14.6. The van der Waals surface area contributed by atoms with Crippen molar-refractivity contribution < 1.29 is 4.42 Å². The van der Waals surface area contributed by atoms with Crippen LogP contribution in [0.3, 0.4) is 0 Å². The third kappa shape index (κ3) is 3.69. The fourth-order valence-electron chi connectivity index (χ4n) is 2.36. The Kier molecular flexibility index (Phi) is 4.80. The van der Waals surface area contributed by atoms with Crippen LogP contribution in [0.25, 0.3) is 0 Å². The van der Waals surface area contributed by atoms with Gasteiger partial charge in [-0.25, -0.2) is 0 Å². The van der Waals surface area contributed by atoms with Crippen LogP contribution in [0.1, 0.15) is 24.3 Å². The summed E-state index contributed by atoms with van der Waals surface area (Å²) in [4.78, 5) is 2.21. The Hall–Kier alpha value is -1.10. The van der Waals surface area contributed by atoms with E-state index in [0.717, 1.165) is 16.8 Å². The van der Waals surface area contributed by atoms with Gasteiger partial charge in [0, 0.05) is 17.1 Å². The minimum atomic E-state index is 0.00306. The van der Waals surface area contributed by atoms with Crippen molar-refractivity contribution in [1.29, 1.82) is 0 Å². The van der Waals surface area contributed by atoms with Gasteiger partial charge < -0.3 is 10.2 Å². The van der Waals surface area contributed by atoms with Crippen molar-refractivity contribution in [2.45, 2.75) is 25.6 Å². The molecule has 2 aromatic rings. The zero-order valence-electron chi connectivity index (χ0n) is 11.2. The number of likely N-dealkylation sites (N-methyl/N-ethyl adjacent to an activating group) is 1. The smallest absolute Gasteiger partial charge is 0.122 e. The van der Waals surface area contributed by atoms with Gasteiger partial charge in [0.05, 0.1) is 12.3 Å². The molecule has 0 aliphatic heterocycles. The van der Waals surface area contributed by atoms with Crippen LogP contribution in [0.2, 0.25) is 0 Å². The second-order valence-corrected chi connectivity index (χ2v) is 5.78. The number of nitrogens with two attached hydrogens (primary N) is 1. The Morgan fingerprint density at radius 3 is 2.68 bits per heavy atom. The lowest BCUT2D eigenvalue weighted by atomic mass is 10.1. The summed E-state index contributed by atoms with van der Waals surface area (Å²) in [5, 5.41) is 0. The van der Waals surface area contributed by atoms with Crippen LogP contribution in [0.15, 0.2) is 51.6 Å². The molecule has 1 aromatic carbocycles. The van der Waals surface area contributed by atoms with Crippen LogP contribution in [-0.2, 0) is 6.54 Å². The maximum absolute atomic E-state index is 6.10. The van der Waals surface area contributed by atoms with E-state index in [-0.39, 0.29) is 12.1 Å². The molecule has 2 N–H and O–H groups in total. The lowest BCUT2D eigenvalue weighted by Gasteiger charge is -2.29. The first-order valence-corrected chi connectivity index (χ1v) is 7.11. The van der Waals surface area contributed by atoms with Gasteiger partial charge in [-0.05, 0) is 43.8 Å². The molecule has 0 saturated heterocycles. The van der Waals surface area contributed by atoms with Crippen molar-refractivity contribution in [1.82, 2.24) is 4.90 Å². The van der Waals surface area contributed by atoms with E-state index in [1.807, 2.05) is 31.2 Å². The summed E-state index contributed by atoms with van der Waals surface area (Å²) >= 11 is 3.50. The van der Waals surface area contributed by atoms with Crippen molar-refractivity contribution in [3.05, 3.63) is 58.5 Å². The minimum absolute atomic E-state index is 0.00306. The molecule has 0 spiro atoms. The van der Waals surface area contributed by atoms with E-state index in [2.05, 4.69) is 40.0 Å². The first-order chi connectivity index (χ1) is 9.08. The molecule has 0 radical (unpaired) electrons. The van der Waals surface area contributed by atoms with E-state index in [4.69, 9.17) is 10.2 Å². The van der Waals surface area contributed by atoms with Crippen molar-refractivity contribution in [2.24, 2.45) is 5.73 Å². The van der Waals surface area contributed by atoms with Gasteiger partial charge >= 0.3 is 0 Å². The largest absolute Gasteiger partial charge is 0.468 e. The van der Waals surface area contributed by atoms with Gasteiger partial charge in [-0.1, -0.05) is 28.1 Å². The Morgan fingerprint density at radius 2 is 2.11 bits per heavy atom. The van der Waals surface area contributed by atoms with Crippen molar-refractivity contribution in [3.63, 3.8) is 0 Å².